The number of nitrogens with one attached hydrogen (secondary N) is 5. The zero-order valence-corrected chi connectivity index (χ0v) is 28.0. The highest BCUT2D eigenvalue weighted by atomic mass is 16.5. The fraction of sp³-hybridized carbons (Fsp3) is 0.389. The van der Waals surface area contributed by atoms with E-state index in [0.717, 1.165) is 5.56 Å². The molecule has 0 radical (unpaired) electrons. The zero-order chi connectivity index (χ0) is 35.5. The first-order valence-corrected chi connectivity index (χ1v) is 16.3. The summed E-state index contributed by atoms with van der Waals surface area (Å²) in [7, 11) is 0. The van der Waals surface area contributed by atoms with Crippen molar-refractivity contribution in [2.24, 2.45) is 5.92 Å². The lowest BCUT2D eigenvalue weighted by Crippen LogP contribution is -2.61. The van der Waals surface area contributed by atoms with E-state index in [0.29, 0.717) is 17.7 Å². The first kappa shape index (κ1) is 36.5. The van der Waals surface area contributed by atoms with Crippen molar-refractivity contribution in [3.63, 3.8) is 0 Å². The second kappa shape index (κ2) is 17.2. The second-order valence-corrected chi connectivity index (χ2v) is 12.5. The van der Waals surface area contributed by atoms with E-state index < -0.39 is 65.8 Å². The van der Waals surface area contributed by atoms with Crippen LogP contribution in [0.15, 0.2) is 79.0 Å². The number of ether oxygens (including phenoxy) is 1. The summed E-state index contributed by atoms with van der Waals surface area (Å²) in [6, 6.07) is 16.2. The fourth-order valence-corrected chi connectivity index (χ4v) is 5.28. The predicted octanol–water partition coefficient (Wildman–Crippen LogP) is 1.05. The minimum absolute atomic E-state index is 0.0704. The van der Waals surface area contributed by atoms with E-state index in [9.17, 15) is 29.1 Å². The number of aliphatic hydroxyl groups is 1. The number of pyridine rings is 1. The maximum Gasteiger partial charge on any atom is 0.270 e. The van der Waals surface area contributed by atoms with Crippen LogP contribution in [0, 0.1) is 5.92 Å². The Kier molecular flexibility index (Phi) is 12.8. The largest absolute Gasteiger partial charge is 0.491 e. The molecule has 0 fully saturated rings. The molecule has 0 saturated heterocycles. The van der Waals surface area contributed by atoms with E-state index in [1.807, 2.05) is 30.3 Å². The second-order valence-electron chi connectivity index (χ2n) is 12.5. The quantitative estimate of drug-likeness (QED) is 0.210. The molecule has 3 aromatic rings. The number of aromatic nitrogens is 1. The lowest BCUT2D eigenvalue weighted by Gasteiger charge is -2.29. The Balaban J connectivity index is 1.66. The summed E-state index contributed by atoms with van der Waals surface area (Å²) >= 11 is 0. The highest BCUT2D eigenvalue weighted by Gasteiger charge is 2.34. The summed E-state index contributed by atoms with van der Waals surface area (Å²) in [5.41, 5.74) is 1.77. The summed E-state index contributed by atoms with van der Waals surface area (Å²) in [6.07, 6.45) is 0.636. The molecular formula is C36H44N6O7. The van der Waals surface area contributed by atoms with Gasteiger partial charge in [0.2, 0.25) is 23.6 Å². The molecule has 2 aromatic carbocycles. The van der Waals surface area contributed by atoms with Crippen LogP contribution >= 0.6 is 0 Å². The molecule has 260 valence electrons. The summed E-state index contributed by atoms with van der Waals surface area (Å²) in [6.45, 7) is 6.39. The van der Waals surface area contributed by atoms with E-state index in [-0.39, 0.29) is 24.6 Å². The fourth-order valence-electron chi connectivity index (χ4n) is 5.28. The van der Waals surface area contributed by atoms with Gasteiger partial charge < -0.3 is 36.4 Å². The molecule has 13 heteroatoms. The van der Waals surface area contributed by atoms with Gasteiger partial charge in [-0.3, -0.25) is 29.0 Å². The Labute approximate surface area is 285 Å². The monoisotopic (exact) mass is 672 g/mol. The molecule has 6 N–H and O–H groups in total. The third kappa shape index (κ3) is 10.6. The van der Waals surface area contributed by atoms with Gasteiger partial charge in [-0.15, -0.1) is 0 Å². The van der Waals surface area contributed by atoms with Gasteiger partial charge in [0.25, 0.3) is 5.91 Å². The number of benzene rings is 2. The standard InChI is InChI=1S/C36H44N6O7/c1-21(2)30-35(47)39-26(18-24-10-6-5-7-11-24)20-49-27-15-13-25(14-16-27)19-29(40-33(45)28-12-8-9-17-37-28)34(46)38-22(3)32(44)42-31(23(4)43)36(48)41-30/h5-17,21-23,26,29-31,43H,18-20H2,1-4H3,(H,38,46)(H,39,47)(H,40,45)(H,41,48)(H,42,44)/t22-,23-,26+,29+,30-,31+/m1/s1. The van der Waals surface area contributed by atoms with Crippen molar-refractivity contribution < 1.29 is 33.8 Å². The molecule has 13 nitrogen and oxygen atoms in total. The van der Waals surface area contributed by atoms with Gasteiger partial charge in [0.15, 0.2) is 0 Å². The normalized spacial score (nSPS) is 23.3. The number of aliphatic hydroxyl groups excluding tert-OH is 1. The zero-order valence-electron chi connectivity index (χ0n) is 28.0. The molecule has 49 heavy (non-hydrogen) atoms. The van der Waals surface area contributed by atoms with Gasteiger partial charge in [-0.05, 0) is 61.6 Å². The van der Waals surface area contributed by atoms with Gasteiger partial charge in [0.1, 0.15) is 42.2 Å². The molecule has 0 unspecified atom stereocenters. The summed E-state index contributed by atoms with van der Waals surface area (Å²) in [5, 5.41) is 24.0. The van der Waals surface area contributed by atoms with E-state index >= 15 is 0 Å². The molecule has 5 amide bonds. The smallest absolute Gasteiger partial charge is 0.270 e. The Morgan fingerprint density at radius 3 is 2.12 bits per heavy atom. The predicted molar refractivity (Wildman–Crippen MR) is 181 cm³/mol. The summed E-state index contributed by atoms with van der Waals surface area (Å²) < 4.78 is 6.10. The van der Waals surface area contributed by atoms with Crippen molar-refractivity contribution in [2.75, 3.05) is 6.61 Å². The van der Waals surface area contributed by atoms with Crippen molar-refractivity contribution in [3.8, 4) is 5.75 Å². The summed E-state index contributed by atoms with van der Waals surface area (Å²) in [5.74, 6) is -3.05. The Morgan fingerprint density at radius 2 is 1.49 bits per heavy atom. The van der Waals surface area contributed by atoms with Gasteiger partial charge >= 0.3 is 0 Å². The molecule has 2 bridgehead atoms. The van der Waals surface area contributed by atoms with Crippen LogP contribution in [0.3, 0.4) is 0 Å². The van der Waals surface area contributed by atoms with Gasteiger partial charge in [-0.25, -0.2) is 0 Å². The Bertz CT molecular complexity index is 1580. The van der Waals surface area contributed by atoms with Gasteiger partial charge in [-0.1, -0.05) is 62.4 Å². The van der Waals surface area contributed by atoms with E-state index in [4.69, 9.17) is 4.74 Å². The minimum Gasteiger partial charge on any atom is -0.491 e. The third-order valence-electron chi connectivity index (χ3n) is 8.07. The van der Waals surface area contributed by atoms with Crippen LogP contribution in [0.1, 0.15) is 49.3 Å². The van der Waals surface area contributed by atoms with Gasteiger partial charge in [-0.2, -0.15) is 0 Å². The summed E-state index contributed by atoms with van der Waals surface area (Å²) in [4.78, 5) is 70.9. The Morgan fingerprint density at radius 1 is 0.837 bits per heavy atom. The van der Waals surface area contributed by atoms with Crippen LogP contribution < -0.4 is 31.3 Å². The lowest BCUT2D eigenvalue weighted by molar-refractivity contribution is -0.136. The number of fused-ring (bicyclic) bond motifs is 17. The first-order chi connectivity index (χ1) is 23.4. The van der Waals surface area contributed by atoms with Crippen molar-refractivity contribution in [3.05, 3.63) is 95.8 Å². The maximum absolute atomic E-state index is 13.6. The number of carbonyl (C=O) groups is 5. The molecule has 1 aromatic heterocycles. The average Bonchev–Trinajstić information content (AvgIpc) is 3.08. The van der Waals surface area contributed by atoms with Crippen LogP contribution in [-0.2, 0) is 32.0 Å². The number of hydrogen-bond donors (Lipinski definition) is 6. The van der Waals surface area contributed by atoms with E-state index in [2.05, 4.69) is 31.6 Å². The van der Waals surface area contributed by atoms with Crippen LogP contribution in [0.4, 0.5) is 0 Å². The number of hydrogen-bond acceptors (Lipinski definition) is 8. The first-order valence-electron chi connectivity index (χ1n) is 16.3. The highest BCUT2D eigenvalue weighted by Crippen LogP contribution is 2.16. The van der Waals surface area contributed by atoms with Gasteiger partial charge in [0.05, 0.1) is 12.1 Å². The minimum atomic E-state index is -1.44. The van der Waals surface area contributed by atoms with Crippen LogP contribution in [0.2, 0.25) is 0 Å². The number of carbonyl (C=O) groups excluding carboxylic acids is 5. The molecule has 3 heterocycles. The Hall–Kier alpha value is -5.30. The number of amides is 5. The van der Waals surface area contributed by atoms with Crippen LogP contribution in [0.25, 0.3) is 0 Å². The average molecular weight is 673 g/mol. The molecule has 5 rings (SSSR count). The molecule has 0 spiro atoms. The van der Waals surface area contributed by atoms with Crippen LogP contribution in [-0.4, -0.2) is 82.5 Å². The molecule has 2 aliphatic heterocycles. The van der Waals surface area contributed by atoms with Crippen molar-refractivity contribution >= 4 is 29.5 Å². The number of nitrogens with zero attached hydrogens (tertiary/aromatic N) is 1. The highest BCUT2D eigenvalue weighted by molar-refractivity contribution is 5.98. The topological polar surface area (TPSA) is 188 Å². The van der Waals surface area contributed by atoms with Crippen molar-refractivity contribution in [1.29, 1.82) is 0 Å². The maximum atomic E-state index is 13.6. The molecule has 2 aliphatic rings. The lowest BCUT2D eigenvalue weighted by atomic mass is 10.0. The molecule has 0 saturated carbocycles. The van der Waals surface area contributed by atoms with Gasteiger partial charge in [0, 0.05) is 12.6 Å². The van der Waals surface area contributed by atoms with E-state index in [1.165, 1.54) is 26.1 Å². The number of rotatable bonds is 6. The van der Waals surface area contributed by atoms with Crippen molar-refractivity contribution in [2.45, 2.75) is 76.8 Å². The van der Waals surface area contributed by atoms with E-state index in [1.54, 1.807) is 50.2 Å². The van der Waals surface area contributed by atoms with Crippen molar-refractivity contribution in [1.82, 2.24) is 31.6 Å². The third-order valence-corrected chi connectivity index (χ3v) is 8.07. The molecule has 6 atom stereocenters. The molecular weight excluding hydrogens is 628 g/mol. The van der Waals surface area contributed by atoms with Crippen LogP contribution in [0.5, 0.6) is 5.75 Å². The molecule has 0 aliphatic carbocycles. The SMILES string of the molecule is CC(C)[C@H]1NC(=O)[C@H]([C@@H](C)O)NC(=O)[C@@H](C)NC(=O)[C@@H](NC(=O)c2ccccn2)Cc2ccc(cc2)OC[C@H](Cc2ccccc2)NC1=O.